The fourth-order valence-electron chi connectivity index (χ4n) is 3.89. The molecule has 184 valence electrons. The highest BCUT2D eigenvalue weighted by Gasteiger charge is 2.23. The zero-order valence-corrected chi connectivity index (χ0v) is 20.2. The smallest absolute Gasteiger partial charge is 0.504 e. The van der Waals surface area contributed by atoms with Crippen LogP contribution in [0.15, 0.2) is 40.8 Å². The number of halogens is 2. The molecule has 0 aliphatic rings. The number of benzene rings is 2. The summed E-state index contributed by atoms with van der Waals surface area (Å²) in [5, 5.41) is 0. The number of unbranched alkanes of at least 4 members (excludes halogenated alkanes) is 9. The van der Waals surface area contributed by atoms with Crippen LogP contribution in [-0.4, -0.2) is 26.2 Å². The Kier molecular flexibility index (Phi) is 10.5. The predicted molar refractivity (Wildman–Crippen MR) is 132 cm³/mol. The molecule has 0 fully saturated rings. The molecule has 3 aromatic rings. The summed E-state index contributed by atoms with van der Waals surface area (Å²) in [6.07, 6.45) is 12.8. The topological polar surface area (TPSA) is 53.7 Å². The highest BCUT2D eigenvalue weighted by molar-refractivity contribution is 6.35. The molecule has 0 unspecified atom stereocenters. The summed E-state index contributed by atoms with van der Waals surface area (Å²) < 4.78 is 47.2. The minimum absolute atomic E-state index is 0.0571. The monoisotopic (exact) mass is 473 g/mol. The van der Waals surface area contributed by atoms with E-state index >= 15 is 0 Å². The van der Waals surface area contributed by atoms with Gasteiger partial charge < -0.3 is 18.5 Å². The van der Waals surface area contributed by atoms with E-state index in [0.717, 1.165) is 12.8 Å². The van der Waals surface area contributed by atoms with Gasteiger partial charge in [-0.3, -0.25) is 0 Å². The summed E-state index contributed by atoms with van der Waals surface area (Å²) in [4.78, 5) is 4.42. The maximum Gasteiger partial charge on any atom is 0.796 e. The van der Waals surface area contributed by atoms with Gasteiger partial charge in [-0.05, 0) is 30.7 Å². The lowest BCUT2D eigenvalue weighted by atomic mass is 10.1. The van der Waals surface area contributed by atoms with Crippen LogP contribution in [0.4, 0.5) is 8.63 Å². The van der Waals surface area contributed by atoms with E-state index in [1.807, 2.05) is 6.07 Å². The molecule has 0 spiro atoms. The summed E-state index contributed by atoms with van der Waals surface area (Å²) in [6.45, 7) is 2.89. The van der Waals surface area contributed by atoms with Crippen molar-refractivity contribution in [3.05, 3.63) is 36.4 Å². The number of hydrogen-bond donors (Lipinski definition) is 0. The first-order chi connectivity index (χ1) is 16.6. The third-order valence-corrected chi connectivity index (χ3v) is 5.76. The molecule has 1 heterocycles. The summed E-state index contributed by atoms with van der Waals surface area (Å²) in [5.74, 6) is 1.24. The fraction of sp³-hybridized carbons (Fsp3) is 0.500. The second kappa shape index (κ2) is 13.8. The van der Waals surface area contributed by atoms with E-state index in [1.54, 1.807) is 24.3 Å². The van der Waals surface area contributed by atoms with Gasteiger partial charge in [-0.25, -0.2) is 13.6 Å². The fourth-order valence-corrected chi connectivity index (χ4v) is 3.89. The van der Waals surface area contributed by atoms with Gasteiger partial charge in [0.2, 0.25) is 5.89 Å². The lowest BCUT2D eigenvalue weighted by molar-refractivity contribution is 0.304. The number of oxazole rings is 1. The molecule has 0 bridgehead atoms. The Hall–Kier alpha value is -2.77. The van der Waals surface area contributed by atoms with Crippen molar-refractivity contribution >= 4 is 18.6 Å². The molecule has 0 N–H and O–H groups in total. The van der Waals surface area contributed by atoms with Crippen LogP contribution in [0.25, 0.3) is 22.6 Å². The van der Waals surface area contributed by atoms with Crippen LogP contribution in [-0.2, 0) is 0 Å². The van der Waals surface area contributed by atoms with E-state index in [2.05, 4.69) is 16.6 Å². The van der Waals surface area contributed by atoms with Crippen LogP contribution in [0.5, 0.6) is 17.2 Å². The SMILES string of the molecule is CCCCCCCCCCCCOc1ccc2nc(-c3ccc(OC)cc3OB(F)F)oc2c1. The van der Waals surface area contributed by atoms with Crippen LogP contribution in [0.3, 0.4) is 0 Å². The summed E-state index contributed by atoms with van der Waals surface area (Å²) in [7, 11) is -1.52. The Labute approximate surface area is 201 Å². The van der Waals surface area contributed by atoms with Crippen molar-refractivity contribution in [3.63, 3.8) is 0 Å². The van der Waals surface area contributed by atoms with Crippen LogP contribution < -0.4 is 14.1 Å². The number of aromatic nitrogens is 1. The number of ether oxygens (including phenoxy) is 2. The molecule has 0 saturated heterocycles. The van der Waals surface area contributed by atoms with E-state index < -0.39 is 7.47 Å². The Morgan fingerprint density at radius 3 is 2.21 bits per heavy atom. The Morgan fingerprint density at radius 2 is 1.53 bits per heavy atom. The third kappa shape index (κ3) is 7.92. The van der Waals surface area contributed by atoms with Crippen LogP contribution >= 0.6 is 0 Å². The van der Waals surface area contributed by atoms with E-state index in [1.165, 1.54) is 64.5 Å². The molecule has 8 heteroatoms. The van der Waals surface area contributed by atoms with E-state index in [4.69, 9.17) is 13.9 Å². The van der Waals surface area contributed by atoms with Gasteiger partial charge in [0.05, 0.1) is 19.3 Å². The quantitative estimate of drug-likeness (QED) is 0.155. The van der Waals surface area contributed by atoms with Crippen molar-refractivity contribution in [2.45, 2.75) is 71.1 Å². The molecule has 0 saturated carbocycles. The highest BCUT2D eigenvalue weighted by Crippen LogP contribution is 2.36. The van der Waals surface area contributed by atoms with Crippen molar-refractivity contribution in [2.24, 2.45) is 0 Å². The second-order valence-corrected chi connectivity index (χ2v) is 8.42. The van der Waals surface area contributed by atoms with Gasteiger partial charge in [0, 0.05) is 12.1 Å². The molecule has 3 rings (SSSR count). The van der Waals surface area contributed by atoms with Gasteiger partial charge in [0.1, 0.15) is 22.8 Å². The van der Waals surface area contributed by atoms with Gasteiger partial charge in [-0.15, -0.1) is 0 Å². The molecule has 0 aliphatic heterocycles. The standard InChI is InChI=1S/C26H34BF2NO4/c1-3-4-5-6-7-8-9-10-11-12-17-32-21-14-16-23-25(19-21)33-26(30-23)22-15-13-20(31-2)18-24(22)34-27(28)29/h13-16,18-19H,3-12,17H2,1-2H3. The zero-order chi connectivity index (χ0) is 24.2. The molecule has 0 amide bonds. The Morgan fingerprint density at radius 1 is 0.853 bits per heavy atom. The molecule has 0 atom stereocenters. The van der Waals surface area contributed by atoms with Crippen molar-refractivity contribution in [3.8, 4) is 28.7 Å². The first kappa shape index (κ1) is 25.9. The van der Waals surface area contributed by atoms with Crippen molar-refractivity contribution in [2.75, 3.05) is 13.7 Å². The second-order valence-electron chi connectivity index (χ2n) is 8.42. The molecular formula is C26H34BF2NO4. The third-order valence-electron chi connectivity index (χ3n) is 5.76. The average Bonchev–Trinajstić information content (AvgIpc) is 3.25. The molecule has 0 radical (unpaired) electrons. The largest absolute Gasteiger partial charge is 0.796 e. The van der Waals surface area contributed by atoms with Gasteiger partial charge in [0.25, 0.3) is 0 Å². The molecule has 2 aromatic carbocycles. The lowest BCUT2D eigenvalue weighted by Gasteiger charge is -2.09. The minimum Gasteiger partial charge on any atom is -0.504 e. The maximum absolute atomic E-state index is 12.9. The van der Waals surface area contributed by atoms with Crippen LogP contribution in [0.1, 0.15) is 71.1 Å². The predicted octanol–water partition coefficient (Wildman–Crippen LogP) is 8.11. The summed E-state index contributed by atoms with van der Waals surface area (Å²) in [5.41, 5.74) is 1.46. The normalized spacial score (nSPS) is 11.1. The highest BCUT2D eigenvalue weighted by atomic mass is 19.2. The lowest BCUT2D eigenvalue weighted by Crippen LogP contribution is -2.09. The van der Waals surface area contributed by atoms with E-state index in [-0.39, 0.29) is 11.6 Å². The average molecular weight is 473 g/mol. The first-order valence-electron chi connectivity index (χ1n) is 12.3. The molecular weight excluding hydrogens is 439 g/mol. The van der Waals surface area contributed by atoms with Crippen LogP contribution in [0, 0.1) is 0 Å². The van der Waals surface area contributed by atoms with Crippen molar-refractivity contribution < 1.29 is 27.2 Å². The number of fused-ring (bicyclic) bond motifs is 1. The Bertz CT molecular complexity index is 1010. The van der Waals surface area contributed by atoms with E-state index in [0.29, 0.717) is 34.8 Å². The van der Waals surface area contributed by atoms with Crippen LogP contribution in [0.2, 0.25) is 0 Å². The number of nitrogens with zero attached hydrogens (tertiary/aromatic N) is 1. The summed E-state index contributed by atoms with van der Waals surface area (Å²) in [6, 6.07) is 10.0. The number of rotatable bonds is 16. The molecule has 0 aliphatic carbocycles. The van der Waals surface area contributed by atoms with Gasteiger partial charge in [-0.1, -0.05) is 64.7 Å². The summed E-state index contributed by atoms with van der Waals surface area (Å²) >= 11 is 0. The van der Waals surface area contributed by atoms with Gasteiger partial charge >= 0.3 is 7.47 Å². The van der Waals surface area contributed by atoms with Crippen molar-refractivity contribution in [1.82, 2.24) is 4.98 Å². The molecule has 34 heavy (non-hydrogen) atoms. The van der Waals surface area contributed by atoms with Crippen molar-refractivity contribution in [1.29, 1.82) is 0 Å². The van der Waals surface area contributed by atoms with Gasteiger partial charge in [-0.2, -0.15) is 0 Å². The van der Waals surface area contributed by atoms with E-state index in [9.17, 15) is 8.63 Å². The minimum atomic E-state index is -2.97. The number of hydrogen-bond acceptors (Lipinski definition) is 5. The maximum atomic E-state index is 12.9. The number of methoxy groups -OCH3 is 1. The van der Waals surface area contributed by atoms with Gasteiger partial charge in [0.15, 0.2) is 5.58 Å². The first-order valence-corrected chi connectivity index (χ1v) is 12.3. The molecule has 1 aromatic heterocycles. The zero-order valence-electron chi connectivity index (χ0n) is 20.2. The molecule has 5 nitrogen and oxygen atoms in total. The Balaban J connectivity index is 1.50.